The summed E-state index contributed by atoms with van der Waals surface area (Å²) >= 11 is 0. The van der Waals surface area contributed by atoms with Gasteiger partial charge in [-0.2, -0.15) is 0 Å². The van der Waals surface area contributed by atoms with Crippen LogP contribution in [0.4, 0.5) is 4.79 Å². The summed E-state index contributed by atoms with van der Waals surface area (Å²) in [6.45, 7) is 9.37. The molecule has 0 aromatic heterocycles. The van der Waals surface area contributed by atoms with Gasteiger partial charge in [-0.05, 0) is 37.2 Å². The van der Waals surface area contributed by atoms with E-state index in [0.717, 1.165) is 5.56 Å². The van der Waals surface area contributed by atoms with Crippen molar-refractivity contribution < 1.29 is 28.7 Å². The van der Waals surface area contributed by atoms with Gasteiger partial charge in [0.25, 0.3) is 0 Å². The van der Waals surface area contributed by atoms with Crippen LogP contribution in [0.25, 0.3) is 0 Å². The number of nitrogens with one attached hydrogen (secondary N) is 3. The predicted octanol–water partition coefficient (Wildman–Crippen LogP) is 2.54. The van der Waals surface area contributed by atoms with E-state index in [0.29, 0.717) is 12.8 Å². The molecule has 0 saturated carbocycles. The van der Waals surface area contributed by atoms with Gasteiger partial charge in [-0.15, -0.1) is 0 Å². The molecular formula is C24H37N3O6. The molecule has 184 valence electrons. The Labute approximate surface area is 196 Å². The number of alkyl carbamates (subject to hydrolysis) is 1. The van der Waals surface area contributed by atoms with Crippen LogP contribution in [-0.4, -0.2) is 49.1 Å². The lowest BCUT2D eigenvalue weighted by atomic mass is 10.00. The van der Waals surface area contributed by atoms with Crippen LogP contribution in [0.5, 0.6) is 0 Å². The van der Waals surface area contributed by atoms with Gasteiger partial charge in [-0.1, -0.05) is 58.0 Å². The molecule has 3 amide bonds. The third kappa shape index (κ3) is 11.9. The van der Waals surface area contributed by atoms with Gasteiger partial charge in [0.1, 0.15) is 25.2 Å². The molecule has 0 heterocycles. The number of benzene rings is 1. The highest BCUT2D eigenvalue weighted by atomic mass is 16.5. The molecule has 1 aromatic rings. The number of ether oxygens (including phenoxy) is 2. The lowest BCUT2D eigenvalue weighted by molar-refractivity contribution is -0.143. The Bertz CT molecular complexity index is 767. The number of carbonyl (C=O) groups excluding carboxylic acids is 4. The fourth-order valence-electron chi connectivity index (χ4n) is 3.08. The van der Waals surface area contributed by atoms with E-state index in [4.69, 9.17) is 9.47 Å². The zero-order valence-electron chi connectivity index (χ0n) is 20.2. The van der Waals surface area contributed by atoms with Crippen molar-refractivity contribution in [3.8, 4) is 0 Å². The van der Waals surface area contributed by atoms with Crippen LogP contribution in [0.2, 0.25) is 0 Å². The van der Waals surface area contributed by atoms with E-state index in [1.807, 2.05) is 58.0 Å². The molecule has 9 nitrogen and oxygen atoms in total. The van der Waals surface area contributed by atoms with Crippen molar-refractivity contribution in [1.82, 2.24) is 16.0 Å². The molecule has 3 N–H and O–H groups in total. The van der Waals surface area contributed by atoms with Crippen molar-refractivity contribution in [2.45, 2.75) is 66.2 Å². The van der Waals surface area contributed by atoms with Crippen LogP contribution < -0.4 is 16.0 Å². The summed E-state index contributed by atoms with van der Waals surface area (Å²) in [5, 5.41) is 7.82. The first-order chi connectivity index (χ1) is 15.6. The summed E-state index contributed by atoms with van der Waals surface area (Å²) in [7, 11) is 0. The monoisotopic (exact) mass is 463 g/mol. The number of rotatable bonds is 13. The molecule has 1 rings (SSSR count). The summed E-state index contributed by atoms with van der Waals surface area (Å²) in [4.78, 5) is 49.4. The van der Waals surface area contributed by atoms with Crippen molar-refractivity contribution in [2.24, 2.45) is 11.8 Å². The van der Waals surface area contributed by atoms with E-state index in [-0.39, 0.29) is 31.6 Å². The summed E-state index contributed by atoms with van der Waals surface area (Å²) in [6.07, 6.45) is 0.0186. The van der Waals surface area contributed by atoms with Crippen molar-refractivity contribution in [1.29, 1.82) is 0 Å². The van der Waals surface area contributed by atoms with E-state index >= 15 is 0 Å². The molecule has 0 fully saturated rings. The highest BCUT2D eigenvalue weighted by Crippen LogP contribution is 2.10. The third-order valence-corrected chi connectivity index (χ3v) is 4.58. The maximum Gasteiger partial charge on any atom is 0.408 e. The molecule has 0 aliphatic heterocycles. The van der Waals surface area contributed by atoms with Crippen LogP contribution in [0.1, 0.15) is 53.0 Å². The summed E-state index contributed by atoms with van der Waals surface area (Å²) in [6, 6.07) is 7.47. The van der Waals surface area contributed by atoms with E-state index < -0.39 is 36.0 Å². The van der Waals surface area contributed by atoms with Gasteiger partial charge in [-0.25, -0.2) is 4.79 Å². The van der Waals surface area contributed by atoms with E-state index in [1.54, 1.807) is 6.92 Å². The topological polar surface area (TPSA) is 123 Å². The zero-order valence-corrected chi connectivity index (χ0v) is 20.2. The number of carbonyl (C=O) groups is 4. The van der Waals surface area contributed by atoms with Crippen molar-refractivity contribution >= 4 is 23.9 Å². The second kappa shape index (κ2) is 14.9. The Kier molecular flexibility index (Phi) is 12.6. The lowest BCUT2D eigenvalue weighted by Crippen LogP contribution is -2.54. The number of hydrogen-bond acceptors (Lipinski definition) is 6. The molecule has 0 spiro atoms. The lowest BCUT2D eigenvalue weighted by Gasteiger charge is -2.25. The first-order valence-electron chi connectivity index (χ1n) is 11.3. The van der Waals surface area contributed by atoms with E-state index in [1.165, 1.54) is 0 Å². The zero-order chi connectivity index (χ0) is 24.8. The van der Waals surface area contributed by atoms with E-state index in [9.17, 15) is 19.2 Å². The van der Waals surface area contributed by atoms with Gasteiger partial charge in [0.2, 0.25) is 11.8 Å². The second-order valence-electron chi connectivity index (χ2n) is 8.60. The standard InChI is InChI=1S/C24H37N3O6/c1-6-32-21(28)14-25-22(29)19(12-16(2)3)26-23(30)20(13-17(4)5)27-24(31)33-15-18-10-8-7-9-11-18/h7-11,16-17,19-20H,6,12-15H2,1-5H3,(H,25,29)(H,26,30)(H,27,31). The summed E-state index contributed by atoms with van der Waals surface area (Å²) < 4.78 is 10.0. The number of hydrogen-bond donors (Lipinski definition) is 3. The van der Waals surface area contributed by atoms with Gasteiger partial charge in [0, 0.05) is 0 Å². The minimum Gasteiger partial charge on any atom is -0.465 e. The Balaban J connectivity index is 2.76. The Morgan fingerprint density at radius 1 is 0.818 bits per heavy atom. The molecule has 33 heavy (non-hydrogen) atoms. The molecule has 2 unspecified atom stereocenters. The molecule has 0 aliphatic rings. The third-order valence-electron chi connectivity index (χ3n) is 4.58. The largest absolute Gasteiger partial charge is 0.465 e. The van der Waals surface area contributed by atoms with Gasteiger partial charge < -0.3 is 25.4 Å². The fourth-order valence-corrected chi connectivity index (χ4v) is 3.08. The van der Waals surface area contributed by atoms with Crippen molar-refractivity contribution in [3.05, 3.63) is 35.9 Å². The molecule has 0 aliphatic carbocycles. The summed E-state index contributed by atoms with van der Waals surface area (Å²) in [5.41, 5.74) is 0.827. The summed E-state index contributed by atoms with van der Waals surface area (Å²) in [5.74, 6) is -1.31. The number of amides is 3. The molecular weight excluding hydrogens is 426 g/mol. The molecule has 0 radical (unpaired) electrons. The highest BCUT2D eigenvalue weighted by molar-refractivity contribution is 5.92. The van der Waals surface area contributed by atoms with Crippen LogP contribution in [0, 0.1) is 11.8 Å². The molecule has 9 heteroatoms. The van der Waals surface area contributed by atoms with Gasteiger partial charge in [0.05, 0.1) is 6.61 Å². The SMILES string of the molecule is CCOC(=O)CNC(=O)C(CC(C)C)NC(=O)C(CC(C)C)NC(=O)OCc1ccccc1. The number of esters is 1. The van der Waals surface area contributed by atoms with Crippen molar-refractivity contribution in [2.75, 3.05) is 13.2 Å². The van der Waals surface area contributed by atoms with Crippen molar-refractivity contribution in [3.63, 3.8) is 0 Å². The normalized spacial score (nSPS) is 12.6. The Hall–Kier alpha value is -3.10. The Morgan fingerprint density at radius 3 is 1.94 bits per heavy atom. The van der Waals surface area contributed by atoms with Crippen LogP contribution >= 0.6 is 0 Å². The molecule has 2 atom stereocenters. The maximum atomic E-state index is 13.0. The van der Waals surface area contributed by atoms with Gasteiger partial charge >= 0.3 is 12.1 Å². The average Bonchev–Trinajstić information content (AvgIpc) is 2.75. The first kappa shape index (κ1) is 27.9. The fraction of sp³-hybridized carbons (Fsp3) is 0.583. The average molecular weight is 464 g/mol. The highest BCUT2D eigenvalue weighted by Gasteiger charge is 2.28. The van der Waals surface area contributed by atoms with E-state index in [2.05, 4.69) is 16.0 Å². The van der Waals surface area contributed by atoms with Gasteiger partial charge in [-0.3, -0.25) is 14.4 Å². The Morgan fingerprint density at radius 2 is 1.39 bits per heavy atom. The molecule has 0 saturated heterocycles. The minimum atomic E-state index is -0.874. The first-order valence-corrected chi connectivity index (χ1v) is 11.3. The smallest absolute Gasteiger partial charge is 0.408 e. The minimum absolute atomic E-state index is 0.0783. The predicted molar refractivity (Wildman–Crippen MR) is 124 cm³/mol. The van der Waals surface area contributed by atoms with Crippen LogP contribution in [0.3, 0.4) is 0 Å². The van der Waals surface area contributed by atoms with Gasteiger partial charge in [0.15, 0.2) is 0 Å². The quantitative estimate of drug-likeness (QED) is 0.386. The second-order valence-corrected chi connectivity index (χ2v) is 8.60. The van der Waals surface area contributed by atoms with Crippen LogP contribution in [0.15, 0.2) is 30.3 Å². The van der Waals surface area contributed by atoms with Crippen LogP contribution in [-0.2, 0) is 30.5 Å². The maximum absolute atomic E-state index is 13.0. The molecule has 0 bridgehead atoms. The molecule has 1 aromatic carbocycles.